The van der Waals surface area contributed by atoms with Crippen LogP contribution in [0.5, 0.6) is 0 Å². The standard InChI is InChI=1S/C19H19N3O2/c23-22(24)16-12-10-15(11-13-16)21-18-9-5-4-8-17(18)19(20-21)14-6-2-1-3-7-14/h1-3,6-7,10-13,17-18H,4-5,8-9H2. The minimum atomic E-state index is -0.365. The second-order valence-electron chi connectivity index (χ2n) is 6.43. The molecule has 0 spiro atoms. The largest absolute Gasteiger partial charge is 0.269 e. The number of hydrazone groups is 1. The van der Waals surface area contributed by atoms with E-state index in [1.165, 1.54) is 18.4 Å². The summed E-state index contributed by atoms with van der Waals surface area (Å²) in [5.41, 5.74) is 3.38. The van der Waals surface area contributed by atoms with Crippen LogP contribution >= 0.6 is 0 Å². The van der Waals surface area contributed by atoms with Crippen LogP contribution in [0.3, 0.4) is 0 Å². The Kier molecular flexibility index (Phi) is 3.76. The van der Waals surface area contributed by atoms with Gasteiger partial charge < -0.3 is 0 Å². The van der Waals surface area contributed by atoms with Crippen molar-refractivity contribution in [3.8, 4) is 0 Å². The zero-order valence-electron chi connectivity index (χ0n) is 13.3. The molecule has 2 unspecified atom stereocenters. The van der Waals surface area contributed by atoms with Crippen molar-refractivity contribution in [1.82, 2.24) is 0 Å². The van der Waals surface area contributed by atoms with Crippen molar-refractivity contribution < 1.29 is 4.92 Å². The topological polar surface area (TPSA) is 58.7 Å². The number of nitro benzene ring substituents is 1. The third-order valence-electron chi connectivity index (χ3n) is 5.00. The van der Waals surface area contributed by atoms with Crippen LogP contribution < -0.4 is 5.01 Å². The summed E-state index contributed by atoms with van der Waals surface area (Å²) < 4.78 is 0. The molecule has 0 N–H and O–H groups in total. The maximum Gasteiger partial charge on any atom is 0.269 e. The Bertz CT molecular complexity index is 771. The molecule has 5 heteroatoms. The van der Waals surface area contributed by atoms with Crippen LogP contribution in [-0.4, -0.2) is 16.7 Å². The number of nitro groups is 1. The lowest BCUT2D eigenvalue weighted by molar-refractivity contribution is -0.384. The summed E-state index contributed by atoms with van der Waals surface area (Å²) >= 11 is 0. The van der Waals surface area contributed by atoms with Crippen molar-refractivity contribution >= 4 is 17.1 Å². The Labute approximate surface area is 140 Å². The molecule has 1 aliphatic carbocycles. The number of fused-ring (bicyclic) bond motifs is 1. The summed E-state index contributed by atoms with van der Waals surface area (Å²) in [7, 11) is 0. The lowest BCUT2D eigenvalue weighted by Gasteiger charge is -2.31. The van der Waals surface area contributed by atoms with Gasteiger partial charge in [0.25, 0.3) is 5.69 Å². The van der Waals surface area contributed by atoms with E-state index in [-0.39, 0.29) is 10.6 Å². The molecule has 0 saturated heterocycles. The molecule has 1 aliphatic heterocycles. The molecule has 4 rings (SSSR count). The summed E-state index contributed by atoms with van der Waals surface area (Å²) in [6, 6.07) is 17.4. The molecule has 122 valence electrons. The van der Waals surface area contributed by atoms with E-state index in [1.54, 1.807) is 24.3 Å². The van der Waals surface area contributed by atoms with Gasteiger partial charge in [-0.3, -0.25) is 15.1 Å². The summed E-state index contributed by atoms with van der Waals surface area (Å²) in [5.74, 6) is 0.441. The van der Waals surface area contributed by atoms with Crippen molar-refractivity contribution in [1.29, 1.82) is 0 Å². The minimum Gasteiger partial charge on any atom is -0.262 e. The third kappa shape index (κ3) is 2.56. The second-order valence-corrected chi connectivity index (χ2v) is 6.43. The Morgan fingerprint density at radius 3 is 2.42 bits per heavy atom. The van der Waals surface area contributed by atoms with Gasteiger partial charge in [-0.15, -0.1) is 0 Å². The van der Waals surface area contributed by atoms with Crippen molar-refractivity contribution in [2.75, 3.05) is 5.01 Å². The number of non-ortho nitro benzene ring substituents is 1. The molecule has 1 saturated carbocycles. The van der Waals surface area contributed by atoms with Gasteiger partial charge in [-0.1, -0.05) is 43.2 Å². The van der Waals surface area contributed by atoms with E-state index in [9.17, 15) is 10.1 Å². The molecule has 2 aromatic carbocycles. The highest BCUT2D eigenvalue weighted by Crippen LogP contribution is 2.39. The van der Waals surface area contributed by atoms with Crippen LogP contribution in [0, 0.1) is 16.0 Å². The Hall–Kier alpha value is -2.69. The third-order valence-corrected chi connectivity index (χ3v) is 5.00. The van der Waals surface area contributed by atoms with Crippen LogP contribution in [-0.2, 0) is 0 Å². The molecule has 2 aliphatic rings. The van der Waals surface area contributed by atoms with Gasteiger partial charge in [0.05, 0.1) is 22.4 Å². The highest BCUT2D eigenvalue weighted by atomic mass is 16.6. The maximum absolute atomic E-state index is 10.9. The van der Waals surface area contributed by atoms with Gasteiger partial charge in [0.2, 0.25) is 0 Å². The molecular formula is C19H19N3O2. The Morgan fingerprint density at radius 1 is 1.00 bits per heavy atom. The number of nitrogens with zero attached hydrogens (tertiary/aromatic N) is 3. The molecule has 2 aromatic rings. The Balaban J connectivity index is 1.71. The van der Waals surface area contributed by atoms with E-state index in [1.807, 2.05) is 18.2 Å². The number of rotatable bonds is 3. The summed E-state index contributed by atoms with van der Waals surface area (Å²) in [6.07, 6.45) is 4.72. The van der Waals surface area contributed by atoms with Gasteiger partial charge in [0.1, 0.15) is 0 Å². The van der Waals surface area contributed by atoms with Crippen LogP contribution in [0.4, 0.5) is 11.4 Å². The molecular weight excluding hydrogens is 302 g/mol. The lowest BCUT2D eigenvalue weighted by atomic mass is 9.80. The predicted octanol–water partition coefficient (Wildman–Crippen LogP) is 4.38. The van der Waals surface area contributed by atoms with Gasteiger partial charge in [-0.05, 0) is 30.5 Å². The molecule has 1 heterocycles. The number of anilines is 1. The molecule has 1 fully saturated rings. The van der Waals surface area contributed by atoms with E-state index < -0.39 is 0 Å². The SMILES string of the molecule is O=[N+]([O-])c1ccc(N2N=C(c3ccccc3)C3CCCCC32)cc1. The quantitative estimate of drug-likeness (QED) is 0.622. The highest BCUT2D eigenvalue weighted by Gasteiger charge is 2.39. The van der Waals surface area contributed by atoms with Crippen LogP contribution in [0.2, 0.25) is 0 Å². The average Bonchev–Trinajstić information content (AvgIpc) is 3.02. The predicted molar refractivity (Wildman–Crippen MR) is 94.3 cm³/mol. The minimum absolute atomic E-state index is 0.116. The molecule has 0 bridgehead atoms. The number of benzene rings is 2. The van der Waals surface area contributed by atoms with Crippen LogP contribution in [0.1, 0.15) is 31.2 Å². The van der Waals surface area contributed by atoms with Gasteiger partial charge >= 0.3 is 0 Å². The fraction of sp³-hybridized carbons (Fsp3) is 0.316. The van der Waals surface area contributed by atoms with Gasteiger partial charge in [-0.2, -0.15) is 5.10 Å². The Morgan fingerprint density at radius 2 is 1.71 bits per heavy atom. The maximum atomic E-state index is 10.9. The van der Waals surface area contributed by atoms with Crippen LogP contribution in [0.25, 0.3) is 0 Å². The normalized spacial score (nSPS) is 22.8. The molecule has 5 nitrogen and oxygen atoms in total. The monoisotopic (exact) mass is 321 g/mol. The zero-order chi connectivity index (χ0) is 16.5. The molecule has 24 heavy (non-hydrogen) atoms. The molecule has 0 radical (unpaired) electrons. The molecule has 0 aromatic heterocycles. The molecule has 0 amide bonds. The van der Waals surface area contributed by atoms with Crippen molar-refractivity contribution in [3.05, 3.63) is 70.3 Å². The fourth-order valence-electron chi connectivity index (χ4n) is 3.84. The van der Waals surface area contributed by atoms with Crippen molar-refractivity contribution in [2.45, 2.75) is 31.7 Å². The van der Waals surface area contributed by atoms with Crippen molar-refractivity contribution in [2.24, 2.45) is 11.0 Å². The van der Waals surface area contributed by atoms with Gasteiger partial charge in [0, 0.05) is 18.1 Å². The number of hydrogen-bond donors (Lipinski definition) is 0. The average molecular weight is 321 g/mol. The summed E-state index contributed by atoms with van der Waals surface area (Å²) in [4.78, 5) is 10.5. The highest BCUT2D eigenvalue weighted by molar-refractivity contribution is 6.05. The van der Waals surface area contributed by atoms with E-state index >= 15 is 0 Å². The zero-order valence-corrected chi connectivity index (χ0v) is 13.3. The van der Waals surface area contributed by atoms with E-state index in [4.69, 9.17) is 5.10 Å². The van der Waals surface area contributed by atoms with Crippen LogP contribution in [0.15, 0.2) is 59.7 Å². The van der Waals surface area contributed by atoms with E-state index in [2.05, 4.69) is 17.1 Å². The first-order chi connectivity index (χ1) is 11.7. The van der Waals surface area contributed by atoms with Gasteiger partial charge in [0.15, 0.2) is 0 Å². The van der Waals surface area contributed by atoms with Gasteiger partial charge in [-0.25, -0.2) is 0 Å². The summed E-state index contributed by atoms with van der Waals surface area (Å²) in [5, 5.41) is 17.9. The lowest BCUT2D eigenvalue weighted by Crippen LogP contribution is -2.36. The first-order valence-electron chi connectivity index (χ1n) is 8.41. The summed E-state index contributed by atoms with van der Waals surface area (Å²) in [6.45, 7) is 0. The fourth-order valence-corrected chi connectivity index (χ4v) is 3.84. The first-order valence-corrected chi connectivity index (χ1v) is 8.41. The smallest absolute Gasteiger partial charge is 0.262 e. The first kappa shape index (κ1) is 14.9. The number of hydrogen-bond acceptors (Lipinski definition) is 4. The molecule has 2 atom stereocenters. The van der Waals surface area contributed by atoms with Crippen molar-refractivity contribution in [3.63, 3.8) is 0 Å². The van der Waals surface area contributed by atoms with E-state index in [0.29, 0.717) is 12.0 Å². The second kappa shape index (κ2) is 6.07. The van der Waals surface area contributed by atoms with E-state index in [0.717, 1.165) is 24.2 Å².